The molecule has 3 rings (SSSR count). The number of likely N-dealkylation sites (tertiary alicyclic amines) is 1. The first-order valence-corrected chi connectivity index (χ1v) is 10.5. The number of nitrogens with zero attached hydrogens (tertiary/aromatic N) is 1. The Bertz CT molecular complexity index is 827. The smallest absolute Gasteiger partial charge is 0.238 e. The van der Waals surface area contributed by atoms with Gasteiger partial charge in [0.1, 0.15) is 0 Å². The van der Waals surface area contributed by atoms with Gasteiger partial charge in [-0.1, -0.05) is 55.5 Å². The predicted molar refractivity (Wildman–Crippen MR) is 117 cm³/mol. The van der Waals surface area contributed by atoms with Gasteiger partial charge in [-0.3, -0.25) is 14.5 Å². The molecule has 0 aliphatic carbocycles. The zero-order valence-electron chi connectivity index (χ0n) is 17.4. The number of carbonyl (C=O) groups is 2. The molecule has 0 atom stereocenters. The van der Waals surface area contributed by atoms with Gasteiger partial charge in [-0.15, -0.1) is 0 Å². The number of hydrogen-bond acceptors (Lipinski definition) is 3. The van der Waals surface area contributed by atoms with Crippen molar-refractivity contribution >= 4 is 17.5 Å². The molecule has 1 fully saturated rings. The summed E-state index contributed by atoms with van der Waals surface area (Å²) in [6.07, 6.45) is 2.47. The molecule has 154 valence electrons. The molecular weight excluding hydrogens is 362 g/mol. The number of nitrogens with one attached hydrogen (secondary N) is 2. The largest absolute Gasteiger partial charge is 0.352 e. The summed E-state index contributed by atoms with van der Waals surface area (Å²) in [6, 6.07) is 16.1. The Morgan fingerprint density at radius 1 is 1.03 bits per heavy atom. The van der Waals surface area contributed by atoms with Crippen LogP contribution in [-0.4, -0.2) is 36.3 Å². The van der Waals surface area contributed by atoms with Gasteiger partial charge in [0, 0.05) is 18.2 Å². The quantitative estimate of drug-likeness (QED) is 0.757. The van der Waals surface area contributed by atoms with E-state index in [1.54, 1.807) is 0 Å². The molecule has 2 amide bonds. The van der Waals surface area contributed by atoms with Crippen molar-refractivity contribution in [3.63, 3.8) is 0 Å². The summed E-state index contributed by atoms with van der Waals surface area (Å²) in [6.45, 7) is 6.59. The molecule has 0 saturated carbocycles. The molecule has 2 aromatic carbocycles. The highest BCUT2D eigenvalue weighted by molar-refractivity contribution is 5.93. The summed E-state index contributed by atoms with van der Waals surface area (Å²) in [5, 5.41) is 6.13. The molecule has 1 aliphatic heterocycles. The fourth-order valence-electron chi connectivity index (χ4n) is 3.87. The topological polar surface area (TPSA) is 61.4 Å². The van der Waals surface area contributed by atoms with Crippen LogP contribution in [0.25, 0.3) is 0 Å². The van der Waals surface area contributed by atoms with Crippen molar-refractivity contribution in [1.82, 2.24) is 10.2 Å². The van der Waals surface area contributed by atoms with Crippen LogP contribution in [0.4, 0.5) is 5.69 Å². The molecule has 29 heavy (non-hydrogen) atoms. The molecule has 5 heteroatoms. The average Bonchev–Trinajstić information content (AvgIpc) is 2.74. The van der Waals surface area contributed by atoms with Gasteiger partial charge in [0.05, 0.1) is 6.54 Å². The van der Waals surface area contributed by atoms with E-state index in [2.05, 4.69) is 28.5 Å². The molecule has 1 aliphatic rings. The molecule has 0 radical (unpaired) electrons. The van der Waals surface area contributed by atoms with Crippen molar-refractivity contribution in [3.8, 4) is 0 Å². The van der Waals surface area contributed by atoms with E-state index in [4.69, 9.17) is 0 Å². The van der Waals surface area contributed by atoms with Gasteiger partial charge < -0.3 is 10.6 Å². The number of piperidine rings is 1. The molecule has 0 aromatic heterocycles. The van der Waals surface area contributed by atoms with Crippen molar-refractivity contribution in [2.75, 3.05) is 25.0 Å². The Morgan fingerprint density at radius 3 is 2.45 bits per heavy atom. The molecule has 0 spiro atoms. The second kappa shape index (κ2) is 10.2. The number of para-hydroxylation sites is 1. The van der Waals surface area contributed by atoms with E-state index in [1.807, 2.05) is 49.4 Å². The van der Waals surface area contributed by atoms with Crippen molar-refractivity contribution in [2.45, 2.75) is 39.7 Å². The SMILES string of the molecule is CCc1cccc(C)c1NC(=O)CN1CCC(C(=O)NCc2ccccc2)CC1. The molecule has 0 bridgehead atoms. The van der Waals surface area contributed by atoms with Crippen molar-refractivity contribution in [2.24, 2.45) is 5.92 Å². The van der Waals surface area contributed by atoms with Crippen LogP contribution in [0.1, 0.15) is 36.5 Å². The average molecular weight is 394 g/mol. The number of aryl methyl sites for hydroxylation is 2. The fraction of sp³-hybridized carbons (Fsp3) is 0.417. The lowest BCUT2D eigenvalue weighted by Gasteiger charge is -2.30. The highest BCUT2D eigenvalue weighted by atomic mass is 16.2. The fourth-order valence-corrected chi connectivity index (χ4v) is 3.87. The number of hydrogen-bond donors (Lipinski definition) is 2. The van der Waals surface area contributed by atoms with E-state index in [1.165, 1.54) is 0 Å². The third-order valence-corrected chi connectivity index (χ3v) is 5.64. The highest BCUT2D eigenvalue weighted by Crippen LogP contribution is 2.22. The molecule has 2 N–H and O–H groups in total. The first-order valence-electron chi connectivity index (χ1n) is 10.5. The minimum atomic E-state index is 0.0148. The van der Waals surface area contributed by atoms with Crippen LogP contribution in [0.15, 0.2) is 48.5 Å². The number of carbonyl (C=O) groups excluding carboxylic acids is 2. The third-order valence-electron chi connectivity index (χ3n) is 5.64. The van der Waals surface area contributed by atoms with Gasteiger partial charge in [0.15, 0.2) is 0 Å². The van der Waals surface area contributed by atoms with Crippen LogP contribution in [-0.2, 0) is 22.6 Å². The Balaban J connectivity index is 1.43. The predicted octanol–water partition coefficient (Wildman–Crippen LogP) is 3.52. The molecule has 5 nitrogen and oxygen atoms in total. The summed E-state index contributed by atoms with van der Waals surface area (Å²) in [4.78, 5) is 27.1. The summed E-state index contributed by atoms with van der Waals surface area (Å²) in [5.74, 6) is 0.160. The molecule has 0 unspecified atom stereocenters. The summed E-state index contributed by atoms with van der Waals surface area (Å²) in [7, 11) is 0. The molecular formula is C24H31N3O2. The van der Waals surface area contributed by atoms with Crippen molar-refractivity contribution in [1.29, 1.82) is 0 Å². The Hall–Kier alpha value is -2.66. The van der Waals surface area contributed by atoms with Gasteiger partial charge in [-0.25, -0.2) is 0 Å². The molecule has 2 aromatic rings. The number of rotatable bonds is 7. The second-order valence-electron chi connectivity index (χ2n) is 7.76. The third kappa shape index (κ3) is 5.91. The van der Waals surface area contributed by atoms with Crippen molar-refractivity contribution in [3.05, 3.63) is 65.2 Å². The Labute approximate surface area is 173 Å². The van der Waals surface area contributed by atoms with Crippen LogP contribution < -0.4 is 10.6 Å². The van der Waals surface area contributed by atoms with E-state index in [0.717, 1.165) is 54.7 Å². The Kier molecular flexibility index (Phi) is 7.42. The van der Waals surface area contributed by atoms with Crippen LogP contribution in [0.3, 0.4) is 0 Å². The van der Waals surface area contributed by atoms with Crippen molar-refractivity contribution < 1.29 is 9.59 Å². The van der Waals surface area contributed by atoms with Crippen LogP contribution in [0, 0.1) is 12.8 Å². The maximum Gasteiger partial charge on any atom is 0.238 e. The van der Waals surface area contributed by atoms with E-state index in [9.17, 15) is 9.59 Å². The first kappa shape index (κ1) is 21.1. The number of benzene rings is 2. The van der Waals surface area contributed by atoms with E-state index < -0.39 is 0 Å². The number of amides is 2. The molecule has 1 heterocycles. The lowest BCUT2D eigenvalue weighted by Crippen LogP contribution is -2.43. The summed E-state index contributed by atoms with van der Waals surface area (Å²) >= 11 is 0. The second-order valence-corrected chi connectivity index (χ2v) is 7.76. The lowest BCUT2D eigenvalue weighted by molar-refractivity contribution is -0.126. The lowest BCUT2D eigenvalue weighted by atomic mass is 9.96. The zero-order chi connectivity index (χ0) is 20.6. The van der Waals surface area contributed by atoms with Crippen LogP contribution in [0.2, 0.25) is 0 Å². The first-order chi connectivity index (χ1) is 14.1. The minimum absolute atomic E-state index is 0.0148. The van der Waals surface area contributed by atoms with E-state index in [0.29, 0.717) is 13.1 Å². The van der Waals surface area contributed by atoms with Crippen LogP contribution in [0.5, 0.6) is 0 Å². The van der Waals surface area contributed by atoms with Gasteiger partial charge in [0.2, 0.25) is 11.8 Å². The van der Waals surface area contributed by atoms with Gasteiger partial charge in [-0.2, -0.15) is 0 Å². The van der Waals surface area contributed by atoms with E-state index in [-0.39, 0.29) is 17.7 Å². The van der Waals surface area contributed by atoms with Crippen LogP contribution >= 0.6 is 0 Å². The maximum atomic E-state index is 12.5. The zero-order valence-corrected chi connectivity index (χ0v) is 17.4. The van der Waals surface area contributed by atoms with Gasteiger partial charge in [-0.05, 0) is 56.0 Å². The Morgan fingerprint density at radius 2 is 1.76 bits per heavy atom. The summed E-state index contributed by atoms with van der Waals surface area (Å²) < 4.78 is 0. The minimum Gasteiger partial charge on any atom is -0.352 e. The number of anilines is 1. The van der Waals surface area contributed by atoms with Gasteiger partial charge in [0.25, 0.3) is 0 Å². The monoisotopic (exact) mass is 393 g/mol. The summed E-state index contributed by atoms with van der Waals surface area (Å²) in [5.41, 5.74) is 4.30. The normalized spacial score (nSPS) is 15.1. The van der Waals surface area contributed by atoms with E-state index >= 15 is 0 Å². The highest BCUT2D eigenvalue weighted by Gasteiger charge is 2.26. The van der Waals surface area contributed by atoms with Gasteiger partial charge >= 0.3 is 0 Å². The maximum absolute atomic E-state index is 12.5. The standard InChI is InChI=1S/C24H31N3O2/c1-3-20-11-7-8-18(2)23(20)26-22(28)17-27-14-12-21(13-15-27)24(29)25-16-19-9-5-4-6-10-19/h4-11,21H,3,12-17H2,1-2H3,(H,25,29)(H,26,28). The molecule has 1 saturated heterocycles.